The Labute approximate surface area is 533 Å². The Morgan fingerprint density at radius 2 is 0.852 bits per heavy atom. The molecule has 2 amide bonds. The third kappa shape index (κ3) is 20.9. The Hall–Kier alpha value is -8.32. The van der Waals surface area contributed by atoms with E-state index >= 15 is 0 Å². The van der Waals surface area contributed by atoms with Gasteiger partial charge in [-0.3, -0.25) is 9.59 Å². The van der Waals surface area contributed by atoms with Gasteiger partial charge in [0.2, 0.25) is 0 Å². The van der Waals surface area contributed by atoms with Crippen LogP contribution >= 0.6 is 45.3 Å². The summed E-state index contributed by atoms with van der Waals surface area (Å²) < 4.78 is 0. The molecule has 88 heavy (non-hydrogen) atoms. The Morgan fingerprint density at radius 3 is 1.32 bits per heavy atom. The summed E-state index contributed by atoms with van der Waals surface area (Å²) in [7, 11) is 0. The average Bonchev–Trinajstić information content (AvgIpc) is 2.35. The lowest BCUT2D eigenvalue weighted by Gasteiger charge is -2.25. The number of carbonyl (C=O) groups excluding carboxylic acids is 2. The number of hydrogen-bond acceptors (Lipinski definition) is 20. The number of H-pyrrole nitrogens is 1. The Bertz CT molecular complexity index is 3760. The number of hydrogen-bond donors (Lipinski definition) is 12. The molecule has 16 N–H and O–H groups in total. The number of carboxylic acid groups (broad SMARTS) is 1. The van der Waals surface area contributed by atoms with Gasteiger partial charge in [0, 0.05) is 22.2 Å². The number of nitrogen functional groups attached to an aromatic ring is 4. The number of aromatic nitrogens is 6. The molecule has 9 aromatic rings. The highest BCUT2D eigenvalue weighted by Crippen LogP contribution is 2.34. The smallest absolute Gasteiger partial charge is 0.357 e. The summed E-state index contributed by atoms with van der Waals surface area (Å²) in [5.74, 6) is -0.675. The number of aromatic carboxylic acids is 1. The standard InChI is InChI=1S/2C16H22N4OS.C16H20N4S.C9H14N2O2S.C7H10N2/c1-5-16(3,4)20-15-13(18-9-22-15)14(21)19-12-7-6-10(2)8-11(12)17;1-5-16(3,4)20-15-13(18-9-22-15)14(21)19-12-8-10(2)6-7-11(12)17;1-5-16(3,4)20-15-13(17-9-21-15)14-18-11-7-6-10(2)8-12(11)19-14;1-4-9(2,3)11-7-6(8(12)13)10-5-14-7;1-5-2-3-6(8)7(9)4-5/h2*6-9,20H,5,17H2,1-4H3,(H,19,21);6-9,20H,5H2,1-4H3,(H,18,19);5,11H,4H2,1-3H3,(H,12,13);2-4H,8-9H2,1H3. The maximum atomic E-state index is 12.5. The average molecular weight is 1270 g/mol. The molecular weight excluding hydrogens is 1190 g/mol. The molecule has 0 saturated heterocycles. The fourth-order valence-electron chi connectivity index (χ4n) is 7.43. The summed E-state index contributed by atoms with van der Waals surface area (Å²) >= 11 is 5.78. The molecule has 0 fully saturated rings. The Morgan fingerprint density at radius 1 is 0.466 bits per heavy atom. The first kappa shape index (κ1) is 70.4. The van der Waals surface area contributed by atoms with Crippen LogP contribution in [-0.2, 0) is 0 Å². The van der Waals surface area contributed by atoms with Crippen molar-refractivity contribution in [3.63, 3.8) is 0 Å². The lowest BCUT2D eigenvalue weighted by atomic mass is 10.0. The van der Waals surface area contributed by atoms with Gasteiger partial charge in [-0.25, -0.2) is 29.7 Å². The molecule has 472 valence electrons. The van der Waals surface area contributed by atoms with Gasteiger partial charge in [0.25, 0.3) is 11.8 Å². The summed E-state index contributed by atoms with van der Waals surface area (Å²) in [5, 5.41) is 31.2. The van der Waals surface area contributed by atoms with E-state index in [0.29, 0.717) is 50.5 Å². The van der Waals surface area contributed by atoms with Crippen molar-refractivity contribution < 1.29 is 19.5 Å². The van der Waals surface area contributed by atoms with Gasteiger partial charge in [-0.2, -0.15) is 0 Å². The number of nitrogens with one attached hydrogen (secondary N) is 7. The molecule has 9 rings (SSSR count). The van der Waals surface area contributed by atoms with Gasteiger partial charge < -0.3 is 64.9 Å². The summed E-state index contributed by atoms with van der Waals surface area (Å²) in [6.45, 7) is 33.2. The first-order chi connectivity index (χ1) is 41.3. The van der Waals surface area contributed by atoms with E-state index in [1.165, 1.54) is 45.1 Å². The van der Waals surface area contributed by atoms with Crippen LogP contribution in [0.4, 0.5) is 54.1 Å². The molecule has 5 heterocycles. The number of anilines is 10. The molecule has 5 aromatic heterocycles. The van der Waals surface area contributed by atoms with Crippen LogP contribution in [0.25, 0.3) is 22.6 Å². The molecule has 0 aliphatic rings. The zero-order chi connectivity index (χ0) is 65.3. The van der Waals surface area contributed by atoms with Gasteiger partial charge in [-0.05, 0) is 180 Å². The van der Waals surface area contributed by atoms with Crippen LogP contribution in [0.1, 0.15) is 162 Å². The van der Waals surface area contributed by atoms with E-state index in [0.717, 1.165) is 79.9 Å². The van der Waals surface area contributed by atoms with Crippen LogP contribution in [-0.4, -0.2) is 74.9 Å². The molecule has 4 aromatic carbocycles. The van der Waals surface area contributed by atoms with Crippen molar-refractivity contribution >= 4 is 128 Å². The number of aryl methyl sites for hydroxylation is 4. The minimum atomic E-state index is -0.986. The molecule has 0 spiro atoms. The normalized spacial score (nSPS) is 11.3. The monoisotopic (exact) mass is 1270 g/mol. The van der Waals surface area contributed by atoms with Crippen molar-refractivity contribution in [2.45, 2.75) is 159 Å². The zero-order valence-electron chi connectivity index (χ0n) is 53.4. The number of benzene rings is 4. The summed E-state index contributed by atoms with van der Waals surface area (Å²) in [4.78, 5) is 60.4. The maximum Gasteiger partial charge on any atom is 0.357 e. The van der Waals surface area contributed by atoms with Crippen LogP contribution in [0.15, 0.2) is 94.8 Å². The lowest BCUT2D eigenvalue weighted by Crippen LogP contribution is -2.30. The van der Waals surface area contributed by atoms with E-state index in [9.17, 15) is 14.4 Å². The number of carbonyl (C=O) groups is 3. The number of rotatable bonds is 18. The highest BCUT2D eigenvalue weighted by molar-refractivity contribution is 7.15. The number of fused-ring (bicyclic) bond motifs is 1. The van der Waals surface area contributed by atoms with Crippen LogP contribution in [0, 0.1) is 27.7 Å². The second kappa shape index (κ2) is 31.0. The van der Waals surface area contributed by atoms with Gasteiger partial charge in [-0.1, -0.05) is 52.0 Å². The van der Waals surface area contributed by atoms with Gasteiger partial charge in [0.15, 0.2) is 22.9 Å². The lowest BCUT2D eigenvalue weighted by molar-refractivity contribution is 0.0691. The molecule has 20 nitrogen and oxygen atoms in total. The molecule has 0 saturated carbocycles. The van der Waals surface area contributed by atoms with Crippen molar-refractivity contribution in [1.29, 1.82) is 0 Å². The Balaban J connectivity index is 0.000000206. The van der Waals surface area contributed by atoms with Crippen molar-refractivity contribution in [1.82, 2.24) is 29.9 Å². The molecular formula is C64H88N16O4S4. The summed E-state index contributed by atoms with van der Waals surface area (Å²) in [6.07, 6.45) is 3.85. The molecule has 0 unspecified atom stereocenters. The van der Waals surface area contributed by atoms with Gasteiger partial charge in [0.05, 0.1) is 67.2 Å². The molecule has 0 bridgehead atoms. The molecule has 0 aliphatic heterocycles. The van der Waals surface area contributed by atoms with Gasteiger partial charge in [0.1, 0.15) is 25.7 Å². The van der Waals surface area contributed by atoms with Crippen LogP contribution in [0.2, 0.25) is 0 Å². The van der Waals surface area contributed by atoms with Gasteiger partial charge >= 0.3 is 5.97 Å². The molecule has 0 aliphatic carbocycles. The van der Waals surface area contributed by atoms with E-state index in [2.05, 4.69) is 150 Å². The van der Waals surface area contributed by atoms with E-state index < -0.39 is 5.97 Å². The Kier molecular flexibility index (Phi) is 24.8. The van der Waals surface area contributed by atoms with Gasteiger partial charge in [-0.15, -0.1) is 45.3 Å². The number of aromatic amines is 1. The fourth-order valence-corrected chi connectivity index (χ4v) is 10.9. The minimum absolute atomic E-state index is 0.0455. The topological polar surface area (TPSA) is 328 Å². The number of thiazole rings is 4. The quantitative estimate of drug-likeness (QED) is 0.0355. The first-order valence-electron chi connectivity index (χ1n) is 28.8. The van der Waals surface area contributed by atoms with Crippen molar-refractivity contribution in [2.75, 3.05) is 54.8 Å². The predicted octanol–water partition coefficient (Wildman–Crippen LogP) is 16.0. The number of nitrogens with zero attached hydrogens (tertiary/aromatic N) is 5. The predicted molar refractivity (Wildman–Crippen MR) is 374 cm³/mol. The second-order valence-electron chi connectivity index (χ2n) is 23.7. The van der Waals surface area contributed by atoms with E-state index in [1.54, 1.807) is 34.5 Å². The summed E-state index contributed by atoms with van der Waals surface area (Å²) in [5.41, 5.74) is 41.2. The molecule has 0 atom stereocenters. The third-order valence-corrected chi connectivity index (χ3v) is 17.2. The van der Waals surface area contributed by atoms with Crippen LogP contribution in [0.5, 0.6) is 0 Å². The minimum Gasteiger partial charge on any atom is -0.476 e. The van der Waals surface area contributed by atoms with Crippen LogP contribution < -0.4 is 54.8 Å². The largest absolute Gasteiger partial charge is 0.476 e. The summed E-state index contributed by atoms with van der Waals surface area (Å²) in [6, 6.07) is 22.9. The van der Waals surface area contributed by atoms with E-state index in [-0.39, 0.29) is 39.7 Å². The number of carboxylic acids is 1. The zero-order valence-corrected chi connectivity index (χ0v) is 56.7. The highest BCUT2D eigenvalue weighted by atomic mass is 32.1. The second-order valence-corrected chi connectivity index (χ2v) is 27.1. The van der Waals surface area contributed by atoms with E-state index in [4.69, 9.17) is 28.0 Å². The third-order valence-electron chi connectivity index (χ3n) is 14.3. The first-order valence-corrected chi connectivity index (χ1v) is 32.3. The van der Waals surface area contributed by atoms with Crippen LogP contribution in [0.3, 0.4) is 0 Å². The van der Waals surface area contributed by atoms with Crippen molar-refractivity contribution in [3.8, 4) is 11.5 Å². The van der Waals surface area contributed by atoms with E-state index in [1.807, 2.05) is 88.7 Å². The SMILES string of the molecule is CCC(C)(C)Nc1scnc1-c1nc2ccc(C)cc2[nH]1.CCC(C)(C)Nc1scnc1C(=O)Nc1cc(C)ccc1N.CCC(C)(C)Nc1scnc1C(=O)Nc1ccc(C)cc1N.CCC(C)(C)Nc1scnc1C(=O)O.Cc1ccc(N)c(N)c1. The molecule has 24 heteroatoms. The maximum absolute atomic E-state index is 12.5. The number of nitrogens with two attached hydrogens (primary N) is 4. The highest BCUT2D eigenvalue weighted by Gasteiger charge is 2.25. The number of amides is 2. The van der Waals surface area contributed by atoms with Crippen molar-refractivity contribution in [2.24, 2.45) is 0 Å². The molecule has 0 radical (unpaired) electrons. The fraction of sp³-hybridized carbons (Fsp3) is 0.375. The number of imidazole rings is 1. The van der Waals surface area contributed by atoms with Crippen molar-refractivity contribution in [3.05, 3.63) is 134 Å².